The van der Waals surface area contributed by atoms with Gasteiger partial charge in [-0.1, -0.05) is 12.1 Å². The van der Waals surface area contributed by atoms with Gasteiger partial charge in [0.2, 0.25) is 0 Å². The predicted molar refractivity (Wildman–Crippen MR) is 73.0 cm³/mol. The minimum absolute atomic E-state index is 0.123. The van der Waals surface area contributed by atoms with Crippen LogP contribution in [0.3, 0.4) is 0 Å². The summed E-state index contributed by atoms with van der Waals surface area (Å²) in [4.78, 5) is 33.1. The van der Waals surface area contributed by atoms with Crippen LogP contribution in [0.2, 0.25) is 0 Å². The minimum atomic E-state index is -4.67. The molecular weight excluding hydrogens is 315 g/mol. The number of carbonyl (C=O) groups excluding carboxylic acids is 1. The summed E-state index contributed by atoms with van der Waals surface area (Å²) in [6.45, 7) is 0. The topological polar surface area (TPSA) is 107 Å². The van der Waals surface area contributed by atoms with Crippen LogP contribution in [0, 0.1) is 0 Å². The summed E-state index contributed by atoms with van der Waals surface area (Å²) >= 11 is 0. The number of nitrogens with two attached hydrogens (primary N) is 1. The number of para-hydroxylation sites is 1. The molecule has 3 rings (SSSR count). The molecule has 0 saturated heterocycles. The van der Waals surface area contributed by atoms with Gasteiger partial charge in [-0.2, -0.15) is 13.2 Å². The first-order chi connectivity index (χ1) is 10.8. The Labute approximate surface area is 125 Å². The second kappa shape index (κ2) is 4.93. The molecule has 7 nitrogen and oxygen atoms in total. The van der Waals surface area contributed by atoms with E-state index in [1.54, 1.807) is 0 Å². The van der Waals surface area contributed by atoms with E-state index >= 15 is 0 Å². The third kappa shape index (κ3) is 2.33. The van der Waals surface area contributed by atoms with Crippen molar-refractivity contribution < 1.29 is 18.0 Å². The fourth-order valence-corrected chi connectivity index (χ4v) is 2.24. The number of amides is 1. The molecule has 3 N–H and O–H groups in total. The summed E-state index contributed by atoms with van der Waals surface area (Å²) in [5.74, 6) is -0.935. The zero-order chi connectivity index (χ0) is 16.8. The standard InChI is InChI=1S/C13H8F3N5O2/c14-13(15,16)6-3-1-2-4-7(6)21-11-9(20-12(21)23)8(10(17)22)18-5-19-11/h1-5H,(H2,17,22)(H,20,23). The number of hydrogen-bond acceptors (Lipinski definition) is 4. The number of imidazole rings is 1. The maximum absolute atomic E-state index is 13.1. The summed E-state index contributed by atoms with van der Waals surface area (Å²) in [6.07, 6.45) is -3.72. The first-order valence-electron chi connectivity index (χ1n) is 6.23. The molecule has 118 valence electrons. The molecule has 1 aromatic carbocycles. The van der Waals surface area contributed by atoms with Gasteiger partial charge >= 0.3 is 11.9 Å². The van der Waals surface area contributed by atoms with Crippen LogP contribution in [0.25, 0.3) is 16.9 Å². The quantitative estimate of drug-likeness (QED) is 0.739. The highest BCUT2D eigenvalue weighted by molar-refractivity contribution is 6.01. The summed E-state index contributed by atoms with van der Waals surface area (Å²) in [6, 6.07) is 4.53. The number of fused-ring (bicyclic) bond motifs is 1. The van der Waals surface area contributed by atoms with Gasteiger partial charge in [0, 0.05) is 0 Å². The summed E-state index contributed by atoms with van der Waals surface area (Å²) in [5, 5.41) is 0. The summed E-state index contributed by atoms with van der Waals surface area (Å²) in [7, 11) is 0. The lowest BCUT2D eigenvalue weighted by atomic mass is 10.1. The number of aromatic amines is 1. The number of H-pyrrole nitrogens is 1. The van der Waals surface area contributed by atoms with Crippen LogP contribution in [0.4, 0.5) is 13.2 Å². The van der Waals surface area contributed by atoms with Gasteiger partial charge in [0.1, 0.15) is 11.8 Å². The zero-order valence-corrected chi connectivity index (χ0v) is 11.3. The molecule has 23 heavy (non-hydrogen) atoms. The van der Waals surface area contributed by atoms with Crippen molar-refractivity contribution in [2.75, 3.05) is 0 Å². The van der Waals surface area contributed by atoms with Gasteiger partial charge in [-0.25, -0.2) is 19.3 Å². The zero-order valence-electron chi connectivity index (χ0n) is 11.3. The van der Waals surface area contributed by atoms with Crippen LogP contribution in [-0.2, 0) is 6.18 Å². The lowest BCUT2D eigenvalue weighted by Gasteiger charge is -2.12. The normalized spacial score (nSPS) is 11.8. The van der Waals surface area contributed by atoms with Crippen molar-refractivity contribution in [2.24, 2.45) is 5.73 Å². The van der Waals surface area contributed by atoms with Crippen molar-refractivity contribution in [3.05, 3.63) is 52.3 Å². The van der Waals surface area contributed by atoms with Gasteiger partial charge < -0.3 is 10.7 Å². The second-order valence-electron chi connectivity index (χ2n) is 4.57. The highest BCUT2D eigenvalue weighted by atomic mass is 19.4. The van der Waals surface area contributed by atoms with Gasteiger partial charge in [-0.15, -0.1) is 0 Å². The molecular formula is C13H8F3N5O2. The van der Waals surface area contributed by atoms with Gasteiger partial charge in [0.15, 0.2) is 11.3 Å². The Kier molecular flexibility index (Phi) is 3.17. The van der Waals surface area contributed by atoms with E-state index in [1.807, 2.05) is 0 Å². The molecule has 0 unspecified atom stereocenters. The number of rotatable bonds is 2. The van der Waals surface area contributed by atoms with Gasteiger partial charge in [-0.3, -0.25) is 4.79 Å². The predicted octanol–water partition coefficient (Wildman–Crippen LogP) is 1.23. The molecule has 2 aromatic heterocycles. The van der Waals surface area contributed by atoms with E-state index in [4.69, 9.17) is 5.73 Å². The Morgan fingerprint density at radius 2 is 1.91 bits per heavy atom. The lowest BCUT2D eigenvalue weighted by molar-refractivity contribution is -0.137. The molecule has 1 amide bonds. The molecule has 0 radical (unpaired) electrons. The first kappa shape index (κ1) is 14.8. The average molecular weight is 323 g/mol. The highest BCUT2D eigenvalue weighted by Crippen LogP contribution is 2.33. The number of primary amides is 1. The van der Waals surface area contributed by atoms with Gasteiger partial charge in [0.05, 0.1) is 11.3 Å². The van der Waals surface area contributed by atoms with Crippen molar-refractivity contribution in [3.63, 3.8) is 0 Å². The molecule has 0 aliphatic rings. The van der Waals surface area contributed by atoms with E-state index in [0.717, 1.165) is 23.0 Å². The smallest absolute Gasteiger partial charge is 0.364 e. The van der Waals surface area contributed by atoms with Crippen molar-refractivity contribution in [2.45, 2.75) is 6.18 Å². The number of nitrogens with one attached hydrogen (secondary N) is 1. The minimum Gasteiger partial charge on any atom is -0.364 e. The second-order valence-corrected chi connectivity index (χ2v) is 4.57. The average Bonchev–Trinajstić information content (AvgIpc) is 2.81. The van der Waals surface area contributed by atoms with Crippen LogP contribution in [0.1, 0.15) is 16.1 Å². The number of benzene rings is 1. The molecule has 0 fully saturated rings. The molecule has 10 heteroatoms. The number of nitrogens with zero attached hydrogens (tertiary/aromatic N) is 3. The van der Waals surface area contributed by atoms with Gasteiger partial charge in [0.25, 0.3) is 5.91 Å². The Morgan fingerprint density at radius 3 is 2.57 bits per heavy atom. The lowest BCUT2D eigenvalue weighted by Crippen LogP contribution is -2.19. The Balaban J connectivity index is 2.40. The van der Waals surface area contributed by atoms with E-state index in [2.05, 4.69) is 15.0 Å². The van der Waals surface area contributed by atoms with Crippen molar-refractivity contribution in [1.29, 1.82) is 0 Å². The molecule has 0 aliphatic heterocycles. The SMILES string of the molecule is NC(=O)c1ncnc2c1[nH]c(=O)n2-c1ccccc1C(F)(F)F. The largest absolute Gasteiger partial charge is 0.418 e. The van der Waals surface area contributed by atoms with Crippen LogP contribution in [0.15, 0.2) is 35.4 Å². The molecule has 3 aromatic rings. The van der Waals surface area contributed by atoms with Crippen LogP contribution < -0.4 is 11.4 Å². The first-order valence-corrected chi connectivity index (χ1v) is 6.23. The third-order valence-electron chi connectivity index (χ3n) is 3.16. The number of halogens is 3. The van der Waals surface area contributed by atoms with Crippen LogP contribution in [0.5, 0.6) is 0 Å². The Hall–Kier alpha value is -3.17. The highest BCUT2D eigenvalue weighted by Gasteiger charge is 2.34. The Morgan fingerprint density at radius 1 is 1.22 bits per heavy atom. The molecule has 0 spiro atoms. The summed E-state index contributed by atoms with van der Waals surface area (Å²) in [5.41, 5.74) is 2.25. The van der Waals surface area contributed by atoms with Crippen molar-refractivity contribution >= 4 is 17.1 Å². The molecule has 0 atom stereocenters. The van der Waals surface area contributed by atoms with Crippen molar-refractivity contribution in [3.8, 4) is 5.69 Å². The van der Waals surface area contributed by atoms with Crippen LogP contribution >= 0.6 is 0 Å². The maximum atomic E-state index is 13.1. The molecule has 0 bridgehead atoms. The molecule has 0 aliphatic carbocycles. The van der Waals surface area contributed by atoms with Gasteiger partial charge in [-0.05, 0) is 12.1 Å². The third-order valence-corrected chi connectivity index (χ3v) is 3.16. The van der Waals surface area contributed by atoms with E-state index in [-0.39, 0.29) is 16.9 Å². The van der Waals surface area contributed by atoms with E-state index in [0.29, 0.717) is 0 Å². The monoisotopic (exact) mass is 323 g/mol. The van der Waals surface area contributed by atoms with E-state index < -0.39 is 29.0 Å². The Bertz CT molecular complexity index is 974. The number of alkyl halides is 3. The number of aromatic nitrogens is 4. The number of hydrogen-bond donors (Lipinski definition) is 2. The van der Waals surface area contributed by atoms with E-state index in [9.17, 15) is 22.8 Å². The molecule has 0 saturated carbocycles. The fourth-order valence-electron chi connectivity index (χ4n) is 2.24. The maximum Gasteiger partial charge on any atom is 0.418 e. The van der Waals surface area contributed by atoms with Crippen LogP contribution in [-0.4, -0.2) is 25.4 Å². The van der Waals surface area contributed by atoms with E-state index in [1.165, 1.54) is 12.1 Å². The number of carbonyl (C=O) groups is 1. The summed E-state index contributed by atoms with van der Waals surface area (Å²) < 4.78 is 40.2. The molecule has 2 heterocycles. The fraction of sp³-hybridized carbons (Fsp3) is 0.0769. The van der Waals surface area contributed by atoms with Crippen molar-refractivity contribution in [1.82, 2.24) is 19.5 Å².